The molecule has 4 nitrogen and oxygen atoms in total. The molecule has 1 aliphatic rings. The lowest BCUT2D eigenvalue weighted by Crippen LogP contribution is -2.45. The van der Waals surface area contributed by atoms with Crippen molar-refractivity contribution in [3.8, 4) is 0 Å². The van der Waals surface area contributed by atoms with Crippen LogP contribution in [0.15, 0.2) is 12.7 Å². The normalized spacial score (nSPS) is 19.3. The maximum absolute atomic E-state index is 11.4. The molecule has 0 radical (unpaired) electrons. The van der Waals surface area contributed by atoms with E-state index < -0.39 is 0 Å². The van der Waals surface area contributed by atoms with Gasteiger partial charge in [-0.2, -0.15) is 0 Å². The Hall–Kier alpha value is -0.870. The number of hydrogen-bond donors (Lipinski definition) is 3. The van der Waals surface area contributed by atoms with Crippen LogP contribution in [-0.2, 0) is 4.79 Å². The fourth-order valence-electron chi connectivity index (χ4n) is 1.36. The van der Waals surface area contributed by atoms with Crippen molar-refractivity contribution in [1.82, 2.24) is 10.6 Å². The second-order valence-corrected chi connectivity index (χ2v) is 4.07. The zero-order chi connectivity index (χ0) is 11.3. The Labute approximate surface area is 90.7 Å². The summed E-state index contributed by atoms with van der Waals surface area (Å²) < 4.78 is 0. The number of carbonyl (C=O) groups is 1. The van der Waals surface area contributed by atoms with Crippen LogP contribution < -0.4 is 10.6 Å². The van der Waals surface area contributed by atoms with Gasteiger partial charge in [0.2, 0.25) is 5.91 Å². The van der Waals surface area contributed by atoms with Crippen LogP contribution in [0, 0.1) is 5.92 Å². The first-order chi connectivity index (χ1) is 7.15. The third-order valence-electron chi connectivity index (χ3n) is 2.61. The molecule has 0 heterocycles. The van der Waals surface area contributed by atoms with E-state index in [0.29, 0.717) is 19.0 Å². The first kappa shape index (κ1) is 12.2. The second-order valence-electron chi connectivity index (χ2n) is 4.07. The Morgan fingerprint density at radius 3 is 2.87 bits per heavy atom. The van der Waals surface area contributed by atoms with Gasteiger partial charge in [0.25, 0.3) is 0 Å². The van der Waals surface area contributed by atoms with E-state index in [1.54, 1.807) is 13.0 Å². The lowest BCUT2D eigenvalue weighted by atomic mass is 10.2. The molecular weight excluding hydrogens is 192 g/mol. The third kappa shape index (κ3) is 4.44. The molecule has 0 bridgehead atoms. The van der Waals surface area contributed by atoms with Gasteiger partial charge in [0.05, 0.1) is 12.1 Å². The number of rotatable bonds is 7. The summed E-state index contributed by atoms with van der Waals surface area (Å²) >= 11 is 0. The highest BCUT2D eigenvalue weighted by atomic mass is 16.3. The molecule has 1 aliphatic carbocycles. The zero-order valence-electron chi connectivity index (χ0n) is 9.20. The van der Waals surface area contributed by atoms with Gasteiger partial charge in [-0.3, -0.25) is 4.79 Å². The Kier molecular flexibility index (Phi) is 4.78. The topological polar surface area (TPSA) is 61.4 Å². The van der Waals surface area contributed by atoms with Gasteiger partial charge < -0.3 is 15.7 Å². The maximum Gasteiger partial charge on any atom is 0.237 e. The predicted molar refractivity (Wildman–Crippen MR) is 59.4 cm³/mol. The molecule has 1 saturated carbocycles. The van der Waals surface area contributed by atoms with E-state index in [0.717, 1.165) is 12.8 Å². The molecule has 0 aromatic carbocycles. The van der Waals surface area contributed by atoms with Gasteiger partial charge in [-0.1, -0.05) is 6.08 Å². The van der Waals surface area contributed by atoms with Gasteiger partial charge in [-0.25, -0.2) is 0 Å². The quantitative estimate of drug-likeness (QED) is 0.522. The van der Waals surface area contributed by atoms with E-state index in [4.69, 9.17) is 0 Å². The van der Waals surface area contributed by atoms with Crippen molar-refractivity contribution in [2.45, 2.75) is 31.9 Å². The highest BCUT2D eigenvalue weighted by Gasteiger charge is 2.29. The number of amides is 1. The zero-order valence-corrected chi connectivity index (χ0v) is 9.20. The van der Waals surface area contributed by atoms with Crippen LogP contribution in [0.5, 0.6) is 0 Å². The third-order valence-corrected chi connectivity index (χ3v) is 2.61. The average molecular weight is 212 g/mol. The smallest absolute Gasteiger partial charge is 0.237 e. The maximum atomic E-state index is 11.4. The Morgan fingerprint density at radius 2 is 2.33 bits per heavy atom. The molecule has 1 rings (SSSR count). The Morgan fingerprint density at radius 1 is 1.67 bits per heavy atom. The number of aliphatic hydroxyl groups excluding tert-OH is 1. The van der Waals surface area contributed by atoms with Gasteiger partial charge in [-0.05, 0) is 25.7 Å². The number of carbonyl (C=O) groups excluding carboxylic acids is 1. The fraction of sp³-hybridized carbons (Fsp3) is 0.727. The lowest BCUT2D eigenvalue weighted by Gasteiger charge is -2.16. The van der Waals surface area contributed by atoms with Crippen LogP contribution in [0.1, 0.15) is 19.8 Å². The van der Waals surface area contributed by atoms with Crippen LogP contribution in [0.4, 0.5) is 0 Å². The highest BCUT2D eigenvalue weighted by Crippen LogP contribution is 2.32. The van der Waals surface area contributed by atoms with Crippen molar-refractivity contribution in [3.63, 3.8) is 0 Å². The summed E-state index contributed by atoms with van der Waals surface area (Å²) in [5.74, 6) is 0.388. The summed E-state index contributed by atoms with van der Waals surface area (Å²) in [6, 6.07) is -0.265. The van der Waals surface area contributed by atoms with Crippen LogP contribution in [-0.4, -0.2) is 36.2 Å². The van der Waals surface area contributed by atoms with Crippen molar-refractivity contribution in [1.29, 1.82) is 0 Å². The fourth-order valence-corrected chi connectivity index (χ4v) is 1.36. The lowest BCUT2D eigenvalue weighted by molar-refractivity contribution is -0.122. The first-order valence-electron chi connectivity index (χ1n) is 5.45. The van der Waals surface area contributed by atoms with Crippen molar-refractivity contribution in [2.24, 2.45) is 5.92 Å². The van der Waals surface area contributed by atoms with E-state index >= 15 is 0 Å². The van der Waals surface area contributed by atoms with Gasteiger partial charge in [0.15, 0.2) is 0 Å². The summed E-state index contributed by atoms with van der Waals surface area (Å²) in [6.07, 6.45) is 3.56. The molecule has 1 amide bonds. The molecule has 2 unspecified atom stereocenters. The minimum absolute atomic E-state index is 0.0575. The molecule has 15 heavy (non-hydrogen) atoms. The molecule has 0 aromatic rings. The largest absolute Gasteiger partial charge is 0.392 e. The summed E-state index contributed by atoms with van der Waals surface area (Å²) in [7, 11) is 0. The Balaban J connectivity index is 2.13. The summed E-state index contributed by atoms with van der Waals surface area (Å²) in [5, 5.41) is 15.3. The van der Waals surface area contributed by atoms with Crippen molar-refractivity contribution < 1.29 is 9.90 Å². The molecule has 4 heteroatoms. The van der Waals surface area contributed by atoms with E-state index in [-0.39, 0.29) is 18.1 Å². The van der Waals surface area contributed by atoms with Gasteiger partial charge in [0.1, 0.15) is 0 Å². The first-order valence-corrected chi connectivity index (χ1v) is 5.45. The second kappa shape index (κ2) is 5.88. The van der Waals surface area contributed by atoms with E-state index in [2.05, 4.69) is 17.2 Å². The molecular formula is C11H20N2O2. The molecule has 0 saturated heterocycles. The van der Waals surface area contributed by atoms with Crippen LogP contribution >= 0.6 is 0 Å². The molecule has 2 atom stereocenters. The summed E-state index contributed by atoms with van der Waals surface area (Å²) in [4.78, 5) is 11.4. The number of hydrogen-bond acceptors (Lipinski definition) is 3. The van der Waals surface area contributed by atoms with E-state index in [1.165, 1.54) is 0 Å². The summed E-state index contributed by atoms with van der Waals surface area (Å²) in [6.45, 7) is 6.29. The van der Waals surface area contributed by atoms with Gasteiger partial charge in [-0.15, -0.1) is 6.58 Å². The monoisotopic (exact) mass is 212 g/mol. The van der Waals surface area contributed by atoms with Crippen LogP contribution in [0.2, 0.25) is 0 Å². The minimum atomic E-state index is -0.306. The molecule has 0 aromatic heterocycles. The molecule has 3 N–H and O–H groups in total. The average Bonchev–Trinajstić information content (AvgIpc) is 3.05. The molecule has 0 aliphatic heterocycles. The number of aliphatic hydroxyl groups is 1. The van der Waals surface area contributed by atoms with Crippen LogP contribution in [0.3, 0.4) is 0 Å². The van der Waals surface area contributed by atoms with Crippen molar-refractivity contribution in [3.05, 3.63) is 12.7 Å². The summed E-state index contributed by atoms with van der Waals surface area (Å²) in [5.41, 5.74) is 0. The van der Waals surface area contributed by atoms with Gasteiger partial charge >= 0.3 is 0 Å². The molecule has 1 fully saturated rings. The van der Waals surface area contributed by atoms with E-state index in [9.17, 15) is 9.90 Å². The Bertz CT molecular complexity index is 227. The van der Waals surface area contributed by atoms with Crippen molar-refractivity contribution in [2.75, 3.05) is 13.1 Å². The predicted octanol–water partition coefficient (Wildman–Crippen LogP) is 0.0376. The van der Waals surface area contributed by atoms with Crippen LogP contribution in [0.25, 0.3) is 0 Å². The molecule has 0 spiro atoms. The van der Waals surface area contributed by atoms with Gasteiger partial charge in [0, 0.05) is 13.1 Å². The molecule has 86 valence electrons. The van der Waals surface area contributed by atoms with Crippen molar-refractivity contribution >= 4 is 5.91 Å². The standard InChI is InChI=1S/C11H20N2O2/c1-3-6-12-11(15)8(2)13-7-10(14)9-4-5-9/h3,8-10,13-14H,1,4-7H2,2H3,(H,12,15). The highest BCUT2D eigenvalue weighted by molar-refractivity contribution is 5.81. The minimum Gasteiger partial charge on any atom is -0.392 e. The van der Waals surface area contributed by atoms with E-state index in [1.807, 2.05) is 0 Å². The SMILES string of the molecule is C=CCNC(=O)C(C)NCC(O)C1CC1. The number of nitrogens with one attached hydrogen (secondary N) is 2.